The van der Waals surface area contributed by atoms with Crippen LogP contribution in [0.25, 0.3) is 0 Å². The van der Waals surface area contributed by atoms with Crippen molar-refractivity contribution in [2.45, 2.75) is 51.6 Å². The van der Waals surface area contributed by atoms with Gasteiger partial charge in [-0.1, -0.05) is 6.58 Å². The van der Waals surface area contributed by atoms with Gasteiger partial charge in [0.05, 0.1) is 38.0 Å². The molecule has 2 atom stereocenters. The fourth-order valence-corrected chi connectivity index (χ4v) is 2.04. The molecule has 0 fully saturated rings. The Hall–Kier alpha value is -3.57. The van der Waals surface area contributed by atoms with Gasteiger partial charge in [-0.3, -0.25) is 28.8 Å². The molecule has 0 aliphatic carbocycles. The van der Waals surface area contributed by atoms with Crippen LogP contribution in [0, 0.1) is 5.92 Å². The third-order valence-electron chi connectivity index (χ3n) is 3.37. The van der Waals surface area contributed by atoms with E-state index in [1.54, 1.807) is 0 Å². The van der Waals surface area contributed by atoms with Crippen LogP contribution in [-0.2, 0) is 47.8 Å². The molecule has 0 saturated carbocycles. The van der Waals surface area contributed by atoms with E-state index in [0.29, 0.717) is 0 Å². The number of hydrogen-bond donors (Lipinski definition) is 2. The highest BCUT2D eigenvalue weighted by molar-refractivity contribution is 5.92. The molecule has 0 rings (SSSR count). The smallest absolute Gasteiger partial charge is 0.330 e. The zero-order chi connectivity index (χ0) is 23.3. The molecule has 2 N–H and O–H groups in total. The van der Waals surface area contributed by atoms with Gasteiger partial charge in [0.15, 0.2) is 0 Å². The Morgan fingerprint density at radius 1 is 0.833 bits per heavy atom. The molecule has 0 aromatic heterocycles. The molecule has 166 valence electrons. The Kier molecular flexibility index (Phi) is 12.0. The minimum atomic E-state index is -1.37. The van der Waals surface area contributed by atoms with Crippen molar-refractivity contribution in [3.63, 3.8) is 0 Å². The van der Waals surface area contributed by atoms with E-state index in [1.807, 2.05) is 0 Å². The molecule has 30 heavy (non-hydrogen) atoms. The minimum absolute atomic E-state index is 0.289. The maximum absolute atomic E-state index is 12.2. The molecule has 12 nitrogen and oxygen atoms in total. The molecule has 0 heterocycles. The van der Waals surface area contributed by atoms with Gasteiger partial charge in [-0.05, 0) is 13.3 Å². The fourth-order valence-electron chi connectivity index (χ4n) is 2.04. The number of carbonyl (C=O) groups is 7. The maximum atomic E-state index is 12.2. The van der Waals surface area contributed by atoms with Crippen LogP contribution in [0.15, 0.2) is 12.7 Å². The summed E-state index contributed by atoms with van der Waals surface area (Å²) in [4.78, 5) is 79.2. The Balaban J connectivity index is 5.03. The van der Waals surface area contributed by atoms with Crippen molar-refractivity contribution in [1.82, 2.24) is 0 Å². The average molecular weight is 430 g/mol. The summed E-state index contributed by atoms with van der Waals surface area (Å²) in [6.07, 6.45) is -3.38. The van der Waals surface area contributed by atoms with E-state index in [-0.39, 0.29) is 6.42 Å². The summed E-state index contributed by atoms with van der Waals surface area (Å²) in [6.45, 7) is 4.59. The molecule has 0 bridgehead atoms. The van der Waals surface area contributed by atoms with E-state index in [4.69, 9.17) is 14.9 Å². The maximum Gasteiger partial charge on any atom is 0.330 e. The van der Waals surface area contributed by atoms with Crippen LogP contribution in [0.4, 0.5) is 0 Å². The molecule has 0 radical (unpaired) electrons. The highest BCUT2D eigenvalue weighted by Crippen LogP contribution is 2.18. The number of ether oxygens (including phenoxy) is 3. The third-order valence-corrected chi connectivity index (χ3v) is 3.37. The average Bonchev–Trinajstić information content (AvgIpc) is 2.63. The van der Waals surface area contributed by atoms with Gasteiger partial charge in [0, 0.05) is 6.08 Å². The van der Waals surface area contributed by atoms with Gasteiger partial charge in [0.25, 0.3) is 0 Å². The van der Waals surface area contributed by atoms with Crippen LogP contribution in [0.3, 0.4) is 0 Å². The molecule has 0 spiro atoms. The topological polar surface area (TPSA) is 188 Å². The number of carbonyl (C=O) groups excluding carboxylic acids is 5. The van der Waals surface area contributed by atoms with Crippen LogP contribution in [-0.4, -0.2) is 58.1 Å². The second kappa shape index (κ2) is 13.6. The van der Waals surface area contributed by atoms with Crippen LogP contribution in [0.5, 0.6) is 0 Å². The van der Waals surface area contributed by atoms with Crippen molar-refractivity contribution in [1.29, 1.82) is 0 Å². The van der Waals surface area contributed by atoms with E-state index in [2.05, 4.69) is 16.1 Å². The van der Waals surface area contributed by atoms with E-state index >= 15 is 0 Å². The second-order valence-corrected chi connectivity index (χ2v) is 6.02. The predicted octanol–water partition coefficient (Wildman–Crippen LogP) is 0.370. The molecular formula is C18H22O12. The van der Waals surface area contributed by atoms with E-state index in [0.717, 1.165) is 6.08 Å². The summed E-state index contributed by atoms with van der Waals surface area (Å²) in [5.74, 6) is -9.41. The van der Waals surface area contributed by atoms with Crippen molar-refractivity contribution in [3.05, 3.63) is 12.7 Å². The molecule has 0 aromatic carbocycles. The first kappa shape index (κ1) is 26.4. The van der Waals surface area contributed by atoms with Gasteiger partial charge in [0.2, 0.25) is 0 Å². The summed E-state index contributed by atoms with van der Waals surface area (Å²) in [7, 11) is 0. The lowest BCUT2D eigenvalue weighted by molar-refractivity contribution is -0.170. The molecule has 0 aromatic rings. The Bertz CT molecular complexity index is 708. The molecule has 0 aliphatic heterocycles. The van der Waals surface area contributed by atoms with Crippen LogP contribution in [0.1, 0.15) is 45.4 Å². The molecule has 0 saturated heterocycles. The minimum Gasteiger partial charge on any atom is -0.481 e. The van der Waals surface area contributed by atoms with Gasteiger partial charge in [-0.15, -0.1) is 0 Å². The molecule has 12 heteroatoms. The Morgan fingerprint density at radius 2 is 1.33 bits per heavy atom. The summed E-state index contributed by atoms with van der Waals surface area (Å²) in [6, 6.07) is 0. The Morgan fingerprint density at radius 3 is 1.80 bits per heavy atom. The first-order valence-electron chi connectivity index (χ1n) is 8.69. The first-order valence-corrected chi connectivity index (χ1v) is 8.69. The summed E-state index contributed by atoms with van der Waals surface area (Å²) in [5.41, 5.74) is 0. The summed E-state index contributed by atoms with van der Waals surface area (Å²) < 4.78 is 13.8. The molecule has 0 amide bonds. The normalized spacial score (nSPS) is 12.0. The lowest BCUT2D eigenvalue weighted by Gasteiger charge is -2.18. The van der Waals surface area contributed by atoms with Crippen molar-refractivity contribution in [2.75, 3.05) is 0 Å². The van der Waals surface area contributed by atoms with Crippen LogP contribution in [0.2, 0.25) is 0 Å². The molecule has 2 unspecified atom stereocenters. The van der Waals surface area contributed by atoms with Gasteiger partial charge < -0.3 is 24.4 Å². The van der Waals surface area contributed by atoms with Gasteiger partial charge >= 0.3 is 41.8 Å². The highest BCUT2D eigenvalue weighted by Gasteiger charge is 2.30. The lowest BCUT2D eigenvalue weighted by atomic mass is 9.98. The second-order valence-electron chi connectivity index (χ2n) is 6.02. The number of carboxylic acid groups (broad SMARTS) is 2. The van der Waals surface area contributed by atoms with Crippen LogP contribution >= 0.6 is 0 Å². The first-order chi connectivity index (χ1) is 13.9. The Labute approximate surface area is 170 Å². The summed E-state index contributed by atoms with van der Waals surface area (Å²) in [5, 5.41) is 17.0. The number of carboxylic acids is 2. The van der Waals surface area contributed by atoms with Crippen LogP contribution < -0.4 is 0 Å². The zero-order valence-electron chi connectivity index (χ0n) is 16.2. The van der Waals surface area contributed by atoms with Gasteiger partial charge in [-0.25, -0.2) is 4.79 Å². The van der Waals surface area contributed by atoms with Crippen molar-refractivity contribution >= 4 is 41.8 Å². The van der Waals surface area contributed by atoms with Crippen molar-refractivity contribution in [3.8, 4) is 0 Å². The van der Waals surface area contributed by atoms with Crippen molar-refractivity contribution in [2.24, 2.45) is 5.92 Å². The number of esters is 5. The lowest BCUT2D eigenvalue weighted by Crippen LogP contribution is -2.29. The van der Waals surface area contributed by atoms with Crippen molar-refractivity contribution < 1.29 is 58.0 Å². The van der Waals surface area contributed by atoms with Gasteiger partial charge in [-0.2, -0.15) is 0 Å². The monoisotopic (exact) mass is 430 g/mol. The predicted molar refractivity (Wildman–Crippen MR) is 94.4 cm³/mol. The number of rotatable bonds is 13. The SMILES string of the molecule is C=CC(=O)OC(C)CC(CC(=O)OC(=O)CCC(=O)O)C(=O)OC(=O)CCC(=O)O. The third kappa shape index (κ3) is 12.8. The summed E-state index contributed by atoms with van der Waals surface area (Å²) >= 11 is 0. The van der Waals surface area contributed by atoms with Gasteiger partial charge in [0.1, 0.15) is 6.10 Å². The van der Waals surface area contributed by atoms with E-state index in [1.165, 1.54) is 6.92 Å². The molecule has 0 aliphatic rings. The quantitative estimate of drug-likeness (QED) is 0.177. The van der Waals surface area contributed by atoms with E-state index in [9.17, 15) is 33.6 Å². The zero-order valence-corrected chi connectivity index (χ0v) is 16.2. The largest absolute Gasteiger partial charge is 0.481 e. The van der Waals surface area contributed by atoms with E-state index < -0.39 is 85.9 Å². The standard InChI is InChI=1S/C18H22O12/c1-3-14(23)28-10(2)8-11(18(27)30-16(25)7-5-13(21)22)9-17(26)29-15(24)6-4-12(19)20/h3,10-11H,1,4-9H2,2H3,(H,19,20)(H,21,22). The number of aliphatic carboxylic acids is 2. The number of hydrogen-bond acceptors (Lipinski definition) is 10. The fraction of sp³-hybridized carbons (Fsp3) is 0.500. The highest BCUT2D eigenvalue weighted by atomic mass is 16.6. The molecular weight excluding hydrogens is 408 g/mol.